The molecule has 0 saturated carbocycles. The minimum absolute atomic E-state index is 0.266. The lowest BCUT2D eigenvalue weighted by Crippen LogP contribution is -2.18. The fourth-order valence-corrected chi connectivity index (χ4v) is 2.26. The van der Waals surface area contributed by atoms with E-state index >= 15 is 0 Å². The second-order valence-corrected chi connectivity index (χ2v) is 5.37. The van der Waals surface area contributed by atoms with Crippen molar-refractivity contribution in [3.05, 3.63) is 53.1 Å². The lowest BCUT2D eigenvalue weighted by molar-refractivity contribution is 0.470. The number of aryl methyl sites for hydroxylation is 2. The van der Waals surface area contributed by atoms with E-state index in [9.17, 15) is 10.2 Å². The van der Waals surface area contributed by atoms with Gasteiger partial charge in [0.05, 0.1) is 0 Å². The number of rotatable bonds is 4. The Morgan fingerprint density at radius 3 is 2.30 bits per heavy atom. The number of hydrogen-bond acceptors (Lipinski definition) is 3. The third-order valence-electron chi connectivity index (χ3n) is 3.42. The second kappa shape index (κ2) is 5.87. The SMILES string of the molecule is Cc1cc(NC(C)Cc2ccc(O)cc2)c(C)cc1O. The van der Waals surface area contributed by atoms with Crippen LogP contribution in [-0.2, 0) is 6.42 Å². The molecule has 0 saturated heterocycles. The van der Waals surface area contributed by atoms with Gasteiger partial charge in [-0.15, -0.1) is 0 Å². The van der Waals surface area contributed by atoms with Crippen LogP contribution in [0.5, 0.6) is 11.5 Å². The Morgan fingerprint density at radius 1 is 1.00 bits per heavy atom. The van der Waals surface area contributed by atoms with E-state index in [4.69, 9.17) is 0 Å². The Balaban J connectivity index is 2.06. The quantitative estimate of drug-likeness (QED) is 0.742. The van der Waals surface area contributed by atoms with E-state index in [1.807, 2.05) is 32.0 Å². The first-order valence-electron chi connectivity index (χ1n) is 6.80. The average Bonchev–Trinajstić information content (AvgIpc) is 2.39. The van der Waals surface area contributed by atoms with E-state index in [1.54, 1.807) is 18.2 Å². The van der Waals surface area contributed by atoms with Crippen LogP contribution in [0.2, 0.25) is 0 Å². The summed E-state index contributed by atoms with van der Waals surface area (Å²) in [5.41, 5.74) is 4.13. The van der Waals surface area contributed by atoms with Gasteiger partial charge in [-0.2, -0.15) is 0 Å². The van der Waals surface area contributed by atoms with Crippen molar-refractivity contribution in [2.45, 2.75) is 33.2 Å². The first-order chi connectivity index (χ1) is 9.45. The maximum absolute atomic E-state index is 9.67. The molecule has 0 amide bonds. The van der Waals surface area contributed by atoms with Gasteiger partial charge < -0.3 is 15.5 Å². The highest BCUT2D eigenvalue weighted by Gasteiger charge is 2.08. The Kier molecular flexibility index (Phi) is 4.18. The normalized spacial score (nSPS) is 12.2. The van der Waals surface area contributed by atoms with Crippen LogP contribution < -0.4 is 5.32 Å². The van der Waals surface area contributed by atoms with Gasteiger partial charge in [0.15, 0.2) is 0 Å². The molecule has 0 radical (unpaired) electrons. The molecule has 1 unspecified atom stereocenters. The first-order valence-corrected chi connectivity index (χ1v) is 6.80. The largest absolute Gasteiger partial charge is 0.508 e. The molecular weight excluding hydrogens is 250 g/mol. The minimum Gasteiger partial charge on any atom is -0.508 e. The Hall–Kier alpha value is -2.16. The first kappa shape index (κ1) is 14.3. The maximum Gasteiger partial charge on any atom is 0.118 e. The Bertz CT molecular complexity index is 591. The van der Waals surface area contributed by atoms with Gasteiger partial charge in [-0.05, 0) is 68.1 Å². The van der Waals surface area contributed by atoms with E-state index in [2.05, 4.69) is 12.2 Å². The summed E-state index contributed by atoms with van der Waals surface area (Å²) in [6.07, 6.45) is 0.875. The minimum atomic E-state index is 0.266. The highest BCUT2D eigenvalue weighted by Crippen LogP contribution is 2.25. The number of anilines is 1. The molecule has 1 atom stereocenters. The Morgan fingerprint density at radius 2 is 1.65 bits per heavy atom. The van der Waals surface area contributed by atoms with Gasteiger partial charge >= 0.3 is 0 Å². The molecule has 0 aliphatic carbocycles. The average molecular weight is 271 g/mol. The maximum atomic E-state index is 9.67. The van der Waals surface area contributed by atoms with Crippen molar-refractivity contribution in [3.8, 4) is 11.5 Å². The molecule has 3 nitrogen and oxygen atoms in total. The fourth-order valence-electron chi connectivity index (χ4n) is 2.26. The van der Waals surface area contributed by atoms with Crippen LogP contribution in [0.25, 0.3) is 0 Å². The standard InChI is InChI=1S/C17H21NO2/c1-11-9-17(20)12(2)8-16(11)18-13(3)10-14-4-6-15(19)7-5-14/h4-9,13,18-20H,10H2,1-3H3. The van der Waals surface area contributed by atoms with Crippen LogP contribution in [0.15, 0.2) is 36.4 Å². The monoisotopic (exact) mass is 271 g/mol. The van der Waals surface area contributed by atoms with Crippen LogP contribution in [0.1, 0.15) is 23.6 Å². The van der Waals surface area contributed by atoms with Gasteiger partial charge in [0.25, 0.3) is 0 Å². The van der Waals surface area contributed by atoms with Gasteiger partial charge in [-0.25, -0.2) is 0 Å². The van der Waals surface area contributed by atoms with E-state index in [0.29, 0.717) is 11.5 Å². The lowest BCUT2D eigenvalue weighted by Gasteiger charge is -2.18. The zero-order chi connectivity index (χ0) is 14.7. The molecule has 0 aromatic heterocycles. The topological polar surface area (TPSA) is 52.5 Å². The van der Waals surface area contributed by atoms with Crippen LogP contribution in [0.3, 0.4) is 0 Å². The summed E-state index contributed by atoms with van der Waals surface area (Å²) in [6, 6.07) is 11.3. The number of phenolic OH excluding ortho intramolecular Hbond substituents is 2. The molecule has 0 spiro atoms. The number of benzene rings is 2. The molecule has 0 aliphatic rings. The summed E-state index contributed by atoms with van der Waals surface area (Å²) in [6.45, 7) is 5.99. The van der Waals surface area contributed by atoms with Crippen molar-refractivity contribution in [1.82, 2.24) is 0 Å². The zero-order valence-corrected chi connectivity index (χ0v) is 12.1. The third kappa shape index (κ3) is 3.44. The molecule has 106 valence electrons. The zero-order valence-electron chi connectivity index (χ0n) is 12.1. The molecule has 2 aromatic carbocycles. The van der Waals surface area contributed by atoms with Crippen LogP contribution in [-0.4, -0.2) is 16.3 Å². The van der Waals surface area contributed by atoms with Crippen LogP contribution >= 0.6 is 0 Å². The molecule has 0 aliphatic heterocycles. The number of nitrogens with one attached hydrogen (secondary N) is 1. The summed E-state index contributed by atoms with van der Waals surface area (Å²) in [7, 11) is 0. The number of aromatic hydroxyl groups is 2. The fraction of sp³-hybridized carbons (Fsp3) is 0.294. The van der Waals surface area contributed by atoms with Gasteiger partial charge in [0.2, 0.25) is 0 Å². The lowest BCUT2D eigenvalue weighted by atomic mass is 10.0. The van der Waals surface area contributed by atoms with E-state index < -0.39 is 0 Å². The highest BCUT2D eigenvalue weighted by atomic mass is 16.3. The van der Waals surface area contributed by atoms with Gasteiger partial charge in [-0.1, -0.05) is 12.1 Å². The summed E-state index contributed by atoms with van der Waals surface area (Å²) in [5, 5.41) is 22.4. The van der Waals surface area contributed by atoms with Crippen molar-refractivity contribution in [3.63, 3.8) is 0 Å². The predicted octanol–water partition coefficient (Wildman–Crippen LogP) is 3.76. The molecule has 0 heterocycles. The van der Waals surface area contributed by atoms with Gasteiger partial charge in [0.1, 0.15) is 11.5 Å². The van der Waals surface area contributed by atoms with E-state index in [-0.39, 0.29) is 6.04 Å². The smallest absolute Gasteiger partial charge is 0.118 e. The van der Waals surface area contributed by atoms with E-state index in [0.717, 1.165) is 23.2 Å². The summed E-state index contributed by atoms with van der Waals surface area (Å²) < 4.78 is 0. The molecule has 2 aromatic rings. The van der Waals surface area contributed by atoms with Crippen LogP contribution in [0.4, 0.5) is 5.69 Å². The van der Waals surface area contributed by atoms with Gasteiger partial charge in [-0.3, -0.25) is 0 Å². The van der Waals surface area contributed by atoms with E-state index in [1.165, 1.54) is 5.56 Å². The molecule has 2 rings (SSSR count). The Labute approximate surface area is 119 Å². The highest BCUT2D eigenvalue weighted by molar-refractivity contribution is 5.57. The molecule has 3 N–H and O–H groups in total. The summed E-state index contributed by atoms with van der Waals surface area (Å²) in [4.78, 5) is 0. The van der Waals surface area contributed by atoms with Crippen molar-refractivity contribution in [2.75, 3.05) is 5.32 Å². The second-order valence-electron chi connectivity index (χ2n) is 5.37. The third-order valence-corrected chi connectivity index (χ3v) is 3.42. The molecular formula is C17H21NO2. The van der Waals surface area contributed by atoms with Crippen molar-refractivity contribution in [1.29, 1.82) is 0 Å². The van der Waals surface area contributed by atoms with Crippen LogP contribution in [0, 0.1) is 13.8 Å². The van der Waals surface area contributed by atoms with Crippen molar-refractivity contribution >= 4 is 5.69 Å². The number of phenols is 2. The van der Waals surface area contributed by atoms with Gasteiger partial charge in [0, 0.05) is 11.7 Å². The predicted molar refractivity (Wildman–Crippen MR) is 82.5 cm³/mol. The molecule has 3 heteroatoms. The molecule has 0 bridgehead atoms. The molecule has 0 fully saturated rings. The summed E-state index contributed by atoms with van der Waals surface area (Å²) >= 11 is 0. The van der Waals surface area contributed by atoms with Crippen molar-refractivity contribution in [2.24, 2.45) is 0 Å². The number of hydrogen-bond donors (Lipinski definition) is 3. The van der Waals surface area contributed by atoms with Crippen molar-refractivity contribution < 1.29 is 10.2 Å². The summed E-state index contributed by atoms with van der Waals surface area (Å²) in [5.74, 6) is 0.624. The molecule has 20 heavy (non-hydrogen) atoms.